The van der Waals surface area contributed by atoms with Crippen molar-refractivity contribution in [1.82, 2.24) is 15.2 Å². The second kappa shape index (κ2) is 8.91. The number of hydrogen-bond donors (Lipinski definition) is 1. The minimum Gasteiger partial charge on any atom is -0.244 e. The van der Waals surface area contributed by atoms with E-state index in [1.165, 1.54) is 3.57 Å². The van der Waals surface area contributed by atoms with Crippen molar-refractivity contribution in [2.45, 2.75) is 6.92 Å². The van der Waals surface area contributed by atoms with Crippen molar-refractivity contribution >= 4 is 34.3 Å². The molecule has 0 aliphatic heterocycles. The first-order valence-electron chi connectivity index (χ1n) is 9.12. The van der Waals surface area contributed by atoms with Crippen LogP contribution in [0.5, 0.6) is 0 Å². The Kier molecular flexibility index (Phi) is 5.90. The first kappa shape index (κ1) is 19.2. The van der Waals surface area contributed by atoms with Gasteiger partial charge in [-0.1, -0.05) is 72.8 Å². The highest BCUT2D eigenvalue weighted by molar-refractivity contribution is 14.1. The molecule has 1 N–H and O–H groups in total. The molecule has 0 fully saturated rings. The van der Waals surface area contributed by atoms with Crippen LogP contribution in [0.25, 0.3) is 22.5 Å². The summed E-state index contributed by atoms with van der Waals surface area (Å²) >= 11 is 2.28. The van der Waals surface area contributed by atoms with Crippen molar-refractivity contribution in [1.29, 1.82) is 0 Å². The summed E-state index contributed by atoms with van der Waals surface area (Å²) in [7, 11) is 0. The number of benzene rings is 3. The minimum absolute atomic E-state index is 0.355. The summed E-state index contributed by atoms with van der Waals surface area (Å²) in [5, 5.41) is 13.1. The summed E-state index contributed by atoms with van der Waals surface area (Å²) in [6.07, 6.45) is 0. The largest absolute Gasteiger partial charge is 0.263 e. The van der Waals surface area contributed by atoms with Gasteiger partial charge in [0.05, 0.1) is 5.71 Å². The second-order valence-electron chi connectivity index (χ2n) is 6.38. The average Bonchev–Trinajstić information content (AvgIpc) is 2.79. The number of nitrogens with zero attached hydrogens (tertiary/aromatic N) is 4. The third-order valence-corrected chi connectivity index (χ3v) is 5.09. The summed E-state index contributed by atoms with van der Waals surface area (Å²) in [6, 6.07) is 28.1. The van der Waals surface area contributed by atoms with Gasteiger partial charge in [0.25, 0.3) is 5.95 Å². The number of rotatable bonds is 5. The van der Waals surface area contributed by atoms with Crippen LogP contribution >= 0.6 is 22.6 Å². The molecule has 0 saturated carbocycles. The standard InChI is InChI=1S/C23H18IN5/c1-16(17-12-14-20(24)15-13-17)26-28-23-25-21(18-8-4-2-5-9-18)22(27-29-23)19-10-6-3-7-11-19/h2-15H,1H3,(H,25,28,29)/b26-16+. The SMILES string of the molecule is C/C(=N\Nc1nnc(-c2ccccc2)c(-c2ccccc2)n1)c1ccc(I)cc1. The van der Waals surface area contributed by atoms with Crippen LogP contribution in [0.4, 0.5) is 5.95 Å². The molecule has 1 heterocycles. The van der Waals surface area contributed by atoms with Crippen LogP contribution in [0.1, 0.15) is 12.5 Å². The average molecular weight is 491 g/mol. The van der Waals surface area contributed by atoms with Gasteiger partial charge in [-0.25, -0.2) is 10.4 Å². The molecule has 1 aromatic heterocycles. The number of anilines is 1. The monoisotopic (exact) mass is 491 g/mol. The van der Waals surface area contributed by atoms with Crippen molar-refractivity contribution < 1.29 is 0 Å². The lowest BCUT2D eigenvalue weighted by Gasteiger charge is -2.09. The molecule has 0 bridgehead atoms. The minimum atomic E-state index is 0.355. The van der Waals surface area contributed by atoms with E-state index in [1.807, 2.05) is 79.7 Å². The van der Waals surface area contributed by atoms with Gasteiger partial charge in [-0.3, -0.25) is 0 Å². The fourth-order valence-electron chi connectivity index (χ4n) is 2.85. The molecule has 0 spiro atoms. The Labute approximate surface area is 183 Å². The molecular weight excluding hydrogens is 473 g/mol. The molecule has 0 unspecified atom stereocenters. The summed E-state index contributed by atoms with van der Waals surface area (Å²) in [5.74, 6) is 0.355. The van der Waals surface area contributed by atoms with Gasteiger partial charge >= 0.3 is 0 Å². The van der Waals surface area contributed by atoms with Gasteiger partial charge in [0.15, 0.2) is 0 Å². The van der Waals surface area contributed by atoms with Crippen LogP contribution < -0.4 is 5.43 Å². The van der Waals surface area contributed by atoms with Crippen LogP contribution in [0, 0.1) is 3.57 Å². The zero-order valence-corrected chi connectivity index (χ0v) is 17.9. The molecule has 0 atom stereocenters. The molecule has 0 saturated heterocycles. The van der Waals surface area contributed by atoms with Crippen molar-refractivity contribution in [2.24, 2.45) is 5.10 Å². The molecule has 142 valence electrons. The topological polar surface area (TPSA) is 63.1 Å². The molecule has 6 heteroatoms. The molecule has 29 heavy (non-hydrogen) atoms. The van der Waals surface area contributed by atoms with E-state index in [1.54, 1.807) is 0 Å². The van der Waals surface area contributed by atoms with E-state index < -0.39 is 0 Å². The normalized spacial score (nSPS) is 11.3. The third kappa shape index (κ3) is 4.65. The van der Waals surface area contributed by atoms with Crippen molar-refractivity contribution in [3.05, 3.63) is 94.1 Å². The van der Waals surface area contributed by atoms with Gasteiger partial charge in [0.2, 0.25) is 0 Å². The Morgan fingerprint density at radius 3 is 1.97 bits per heavy atom. The highest BCUT2D eigenvalue weighted by Gasteiger charge is 2.13. The van der Waals surface area contributed by atoms with Gasteiger partial charge < -0.3 is 0 Å². The van der Waals surface area contributed by atoms with Crippen LogP contribution in [0.2, 0.25) is 0 Å². The third-order valence-electron chi connectivity index (χ3n) is 4.37. The quantitative estimate of drug-likeness (QED) is 0.223. The molecule has 3 aromatic carbocycles. The second-order valence-corrected chi connectivity index (χ2v) is 7.63. The molecule has 0 aliphatic rings. The Morgan fingerprint density at radius 1 is 0.759 bits per heavy atom. The van der Waals surface area contributed by atoms with Crippen molar-refractivity contribution in [3.8, 4) is 22.5 Å². The van der Waals surface area contributed by atoms with E-state index >= 15 is 0 Å². The lowest BCUT2D eigenvalue weighted by atomic mass is 10.0. The van der Waals surface area contributed by atoms with E-state index in [9.17, 15) is 0 Å². The van der Waals surface area contributed by atoms with Gasteiger partial charge in [-0.15, -0.1) is 10.2 Å². The van der Waals surface area contributed by atoms with Crippen LogP contribution in [-0.2, 0) is 0 Å². The van der Waals surface area contributed by atoms with Crippen molar-refractivity contribution in [3.63, 3.8) is 0 Å². The maximum atomic E-state index is 4.71. The van der Waals surface area contributed by atoms with E-state index in [0.717, 1.165) is 33.8 Å². The Morgan fingerprint density at radius 2 is 1.34 bits per heavy atom. The van der Waals surface area contributed by atoms with E-state index in [0.29, 0.717) is 5.95 Å². The fraction of sp³-hybridized carbons (Fsp3) is 0.0435. The summed E-state index contributed by atoms with van der Waals surface area (Å²) in [5.41, 5.74) is 8.27. The molecule has 4 rings (SSSR count). The molecule has 0 radical (unpaired) electrons. The number of hydrazone groups is 1. The number of aromatic nitrogens is 3. The molecule has 0 amide bonds. The molecule has 5 nitrogen and oxygen atoms in total. The van der Waals surface area contributed by atoms with E-state index in [4.69, 9.17) is 4.98 Å². The predicted molar refractivity (Wildman–Crippen MR) is 126 cm³/mol. The maximum Gasteiger partial charge on any atom is 0.263 e. The van der Waals surface area contributed by atoms with Crippen LogP contribution in [0.3, 0.4) is 0 Å². The summed E-state index contributed by atoms with van der Waals surface area (Å²) < 4.78 is 1.18. The lowest BCUT2D eigenvalue weighted by Crippen LogP contribution is -2.05. The Hall–Kier alpha value is -3.13. The van der Waals surface area contributed by atoms with Gasteiger partial charge in [-0.2, -0.15) is 5.10 Å². The van der Waals surface area contributed by atoms with E-state index in [2.05, 4.69) is 55.4 Å². The predicted octanol–water partition coefficient (Wildman–Crippen LogP) is 5.65. The van der Waals surface area contributed by atoms with Gasteiger partial charge in [0.1, 0.15) is 11.4 Å². The Bertz CT molecular complexity index is 1130. The zero-order valence-electron chi connectivity index (χ0n) is 15.7. The molecule has 4 aromatic rings. The molecular formula is C23H18IN5. The van der Waals surface area contributed by atoms with Crippen molar-refractivity contribution in [2.75, 3.05) is 5.43 Å². The lowest BCUT2D eigenvalue weighted by molar-refractivity contribution is 0.972. The van der Waals surface area contributed by atoms with Crippen LogP contribution in [0.15, 0.2) is 90.0 Å². The first-order chi connectivity index (χ1) is 14.2. The first-order valence-corrected chi connectivity index (χ1v) is 10.2. The fourth-order valence-corrected chi connectivity index (χ4v) is 3.21. The highest BCUT2D eigenvalue weighted by atomic mass is 127. The smallest absolute Gasteiger partial charge is 0.244 e. The van der Waals surface area contributed by atoms with Gasteiger partial charge in [0, 0.05) is 14.7 Å². The zero-order chi connectivity index (χ0) is 20.1. The van der Waals surface area contributed by atoms with Gasteiger partial charge in [-0.05, 0) is 47.2 Å². The number of hydrogen-bond acceptors (Lipinski definition) is 5. The van der Waals surface area contributed by atoms with Crippen LogP contribution in [-0.4, -0.2) is 20.9 Å². The van der Waals surface area contributed by atoms with E-state index in [-0.39, 0.29) is 0 Å². The number of halogens is 1. The number of nitrogens with one attached hydrogen (secondary N) is 1. The highest BCUT2D eigenvalue weighted by Crippen LogP contribution is 2.28. The molecule has 0 aliphatic carbocycles. The Balaban J connectivity index is 1.68. The summed E-state index contributed by atoms with van der Waals surface area (Å²) in [6.45, 7) is 1.94. The summed E-state index contributed by atoms with van der Waals surface area (Å²) in [4.78, 5) is 4.71. The maximum absolute atomic E-state index is 4.71.